The maximum Gasteiger partial charge on any atom is 0.269 e. The molecule has 0 bridgehead atoms. The molecule has 0 aromatic rings. The summed E-state index contributed by atoms with van der Waals surface area (Å²) >= 11 is 0. The van der Waals surface area contributed by atoms with Gasteiger partial charge in [-0.2, -0.15) is 8.42 Å². The molecule has 0 aliphatic rings. The van der Waals surface area contributed by atoms with Crippen molar-refractivity contribution in [2.24, 2.45) is 0 Å². The first kappa shape index (κ1) is 13.9. The van der Waals surface area contributed by atoms with Crippen molar-refractivity contribution >= 4 is 10.1 Å². The number of unbranched alkanes of at least 4 members (excludes halogenated alkanes) is 2. The highest BCUT2D eigenvalue weighted by Crippen LogP contribution is 2.17. The molecule has 0 aliphatic carbocycles. The highest BCUT2D eigenvalue weighted by molar-refractivity contribution is 7.87. The first-order chi connectivity index (χ1) is 6.58. The first-order valence-electron chi connectivity index (χ1n) is 5.37. The van der Waals surface area contributed by atoms with Crippen molar-refractivity contribution in [3.8, 4) is 0 Å². The molecule has 0 unspecified atom stereocenters. The van der Waals surface area contributed by atoms with Crippen LogP contribution >= 0.6 is 0 Å². The van der Waals surface area contributed by atoms with Crippen molar-refractivity contribution < 1.29 is 12.6 Å². The van der Waals surface area contributed by atoms with E-state index in [1.165, 1.54) is 7.11 Å². The second kappa shape index (κ2) is 7.23. The Morgan fingerprint density at radius 1 is 1.07 bits per heavy atom. The number of hydrogen-bond donors (Lipinski definition) is 0. The van der Waals surface area contributed by atoms with Gasteiger partial charge in [0.1, 0.15) is 0 Å². The van der Waals surface area contributed by atoms with E-state index in [-0.39, 0.29) is 5.25 Å². The lowest BCUT2D eigenvalue weighted by Gasteiger charge is -2.14. The van der Waals surface area contributed by atoms with E-state index < -0.39 is 10.1 Å². The van der Waals surface area contributed by atoms with Gasteiger partial charge in [0, 0.05) is 0 Å². The van der Waals surface area contributed by atoms with Crippen LogP contribution in [0.15, 0.2) is 0 Å². The van der Waals surface area contributed by atoms with Gasteiger partial charge in [-0.15, -0.1) is 0 Å². The predicted molar refractivity (Wildman–Crippen MR) is 58.8 cm³/mol. The second-order valence-electron chi connectivity index (χ2n) is 3.57. The third-order valence-electron chi connectivity index (χ3n) is 2.40. The molecule has 0 radical (unpaired) electrons. The van der Waals surface area contributed by atoms with Gasteiger partial charge in [0.25, 0.3) is 10.1 Å². The fourth-order valence-corrected chi connectivity index (χ4v) is 2.62. The largest absolute Gasteiger partial charge is 0.273 e. The zero-order valence-corrected chi connectivity index (χ0v) is 10.3. The fourth-order valence-electron chi connectivity index (χ4n) is 1.43. The highest BCUT2D eigenvalue weighted by atomic mass is 32.2. The highest BCUT2D eigenvalue weighted by Gasteiger charge is 2.23. The molecule has 0 aromatic carbocycles. The minimum atomic E-state index is -3.30. The van der Waals surface area contributed by atoms with Gasteiger partial charge in [-0.3, -0.25) is 4.18 Å². The van der Waals surface area contributed by atoms with Gasteiger partial charge < -0.3 is 0 Å². The zero-order valence-electron chi connectivity index (χ0n) is 9.45. The Morgan fingerprint density at radius 2 is 1.50 bits per heavy atom. The number of rotatable bonds is 8. The van der Waals surface area contributed by atoms with Crippen LogP contribution < -0.4 is 0 Å². The lowest BCUT2D eigenvalue weighted by molar-refractivity contribution is 0.378. The predicted octanol–water partition coefficient (Wildman–Crippen LogP) is 2.71. The minimum Gasteiger partial charge on any atom is -0.273 e. The normalized spacial score (nSPS) is 12.3. The summed E-state index contributed by atoms with van der Waals surface area (Å²) in [6.45, 7) is 4.13. The Hall–Kier alpha value is -0.0900. The molecule has 0 aromatic heterocycles. The molecule has 0 N–H and O–H groups in total. The van der Waals surface area contributed by atoms with Crippen LogP contribution in [0.3, 0.4) is 0 Å². The van der Waals surface area contributed by atoms with Crippen LogP contribution in [-0.2, 0) is 14.3 Å². The summed E-state index contributed by atoms with van der Waals surface area (Å²) < 4.78 is 27.5. The van der Waals surface area contributed by atoms with Crippen molar-refractivity contribution in [2.75, 3.05) is 7.11 Å². The minimum absolute atomic E-state index is 0.299. The first-order valence-corrected chi connectivity index (χ1v) is 6.85. The molecule has 14 heavy (non-hydrogen) atoms. The molecule has 0 atom stereocenters. The molecule has 0 rings (SSSR count). The van der Waals surface area contributed by atoms with Gasteiger partial charge >= 0.3 is 0 Å². The summed E-state index contributed by atoms with van der Waals surface area (Å²) in [6.07, 6.45) is 5.43. The molecule has 3 nitrogen and oxygen atoms in total. The van der Waals surface area contributed by atoms with Crippen LogP contribution in [0.1, 0.15) is 52.4 Å². The molecule has 86 valence electrons. The van der Waals surface area contributed by atoms with Crippen LogP contribution in [-0.4, -0.2) is 20.8 Å². The summed E-state index contributed by atoms with van der Waals surface area (Å²) in [5, 5.41) is -0.299. The fraction of sp³-hybridized carbons (Fsp3) is 1.00. The van der Waals surface area contributed by atoms with Gasteiger partial charge in [-0.05, 0) is 12.8 Å². The second-order valence-corrected chi connectivity index (χ2v) is 5.55. The Bertz CT molecular complexity index is 214. The monoisotopic (exact) mass is 222 g/mol. The van der Waals surface area contributed by atoms with Crippen LogP contribution in [0.25, 0.3) is 0 Å². The van der Waals surface area contributed by atoms with Crippen LogP contribution in [0.2, 0.25) is 0 Å². The molecule has 0 fully saturated rings. The third kappa shape index (κ3) is 4.96. The van der Waals surface area contributed by atoms with E-state index in [1.54, 1.807) is 0 Å². The molecule has 0 heterocycles. The van der Waals surface area contributed by atoms with E-state index in [1.807, 2.05) is 0 Å². The Morgan fingerprint density at radius 3 is 1.79 bits per heavy atom. The van der Waals surface area contributed by atoms with Gasteiger partial charge in [-0.25, -0.2) is 0 Å². The van der Waals surface area contributed by atoms with Crippen LogP contribution in [0.4, 0.5) is 0 Å². The Kier molecular flexibility index (Phi) is 7.19. The molecule has 0 saturated heterocycles. The van der Waals surface area contributed by atoms with Gasteiger partial charge in [0.2, 0.25) is 0 Å². The maximum absolute atomic E-state index is 11.5. The third-order valence-corrected chi connectivity index (χ3v) is 4.15. The summed E-state index contributed by atoms with van der Waals surface area (Å²) in [6, 6.07) is 0. The standard InChI is InChI=1S/C10H22O3S/c1-4-6-8-10(9-7-5-2)14(11,12)13-3/h10H,4-9H2,1-3H3. The average molecular weight is 222 g/mol. The molecule has 0 aliphatic heterocycles. The molecule has 0 saturated carbocycles. The quantitative estimate of drug-likeness (QED) is 0.593. The van der Waals surface area contributed by atoms with E-state index >= 15 is 0 Å². The average Bonchev–Trinajstić information content (AvgIpc) is 2.17. The van der Waals surface area contributed by atoms with Crippen LogP contribution in [0, 0.1) is 0 Å². The molecular formula is C10H22O3S. The Labute approximate surface area is 88.0 Å². The lowest BCUT2D eigenvalue weighted by atomic mass is 10.1. The molecule has 0 spiro atoms. The summed E-state index contributed by atoms with van der Waals surface area (Å²) in [4.78, 5) is 0. The van der Waals surface area contributed by atoms with Crippen molar-refractivity contribution in [3.63, 3.8) is 0 Å². The number of hydrogen-bond acceptors (Lipinski definition) is 3. The zero-order chi connectivity index (χ0) is 11.0. The summed E-state index contributed by atoms with van der Waals surface area (Å²) in [7, 11) is -2.05. The summed E-state index contributed by atoms with van der Waals surface area (Å²) in [5.41, 5.74) is 0. The smallest absolute Gasteiger partial charge is 0.269 e. The van der Waals surface area contributed by atoms with Crippen molar-refractivity contribution in [3.05, 3.63) is 0 Å². The van der Waals surface area contributed by atoms with E-state index in [9.17, 15) is 8.42 Å². The van der Waals surface area contributed by atoms with Gasteiger partial charge in [0.15, 0.2) is 0 Å². The summed E-state index contributed by atoms with van der Waals surface area (Å²) in [5.74, 6) is 0. The van der Waals surface area contributed by atoms with Crippen molar-refractivity contribution in [1.29, 1.82) is 0 Å². The van der Waals surface area contributed by atoms with E-state index in [4.69, 9.17) is 0 Å². The molecular weight excluding hydrogens is 200 g/mol. The van der Waals surface area contributed by atoms with Crippen molar-refractivity contribution in [1.82, 2.24) is 0 Å². The molecule has 0 amide bonds. The lowest BCUT2D eigenvalue weighted by Crippen LogP contribution is -2.22. The van der Waals surface area contributed by atoms with E-state index in [0.29, 0.717) is 0 Å². The van der Waals surface area contributed by atoms with Crippen molar-refractivity contribution in [2.45, 2.75) is 57.6 Å². The van der Waals surface area contributed by atoms with E-state index in [0.717, 1.165) is 38.5 Å². The molecule has 4 heteroatoms. The van der Waals surface area contributed by atoms with Gasteiger partial charge in [-0.1, -0.05) is 39.5 Å². The topological polar surface area (TPSA) is 43.4 Å². The maximum atomic E-state index is 11.5. The van der Waals surface area contributed by atoms with Crippen LogP contribution in [0.5, 0.6) is 0 Å². The van der Waals surface area contributed by atoms with Gasteiger partial charge in [0.05, 0.1) is 12.4 Å². The van der Waals surface area contributed by atoms with E-state index in [2.05, 4.69) is 18.0 Å². The SMILES string of the molecule is CCCCC(CCCC)S(=O)(=O)OC. The Balaban J connectivity index is 4.23.